The van der Waals surface area contributed by atoms with Gasteiger partial charge in [0.25, 0.3) is 0 Å². The number of nitrogens with two attached hydrogens (primary N) is 1. The van der Waals surface area contributed by atoms with Crippen LogP contribution in [0.5, 0.6) is 0 Å². The molecular formula is C14H29N3O. The number of hydrogen-bond donors (Lipinski definition) is 1. The molecule has 1 rings (SSSR count). The number of likely N-dealkylation sites (N-methyl/N-ethyl adjacent to an activating group) is 1. The highest BCUT2D eigenvalue weighted by molar-refractivity contribution is 5.82. The third-order valence-electron chi connectivity index (χ3n) is 3.70. The minimum atomic E-state index is -0.331. The van der Waals surface area contributed by atoms with Gasteiger partial charge >= 0.3 is 0 Å². The van der Waals surface area contributed by atoms with Gasteiger partial charge in [-0.25, -0.2) is 0 Å². The van der Waals surface area contributed by atoms with Crippen molar-refractivity contribution in [3.8, 4) is 0 Å². The Labute approximate surface area is 111 Å². The van der Waals surface area contributed by atoms with E-state index in [-0.39, 0.29) is 11.9 Å². The predicted octanol–water partition coefficient (Wildman–Crippen LogP) is 1.30. The van der Waals surface area contributed by atoms with Crippen LogP contribution in [0.1, 0.15) is 40.0 Å². The number of hydrogen-bond acceptors (Lipinski definition) is 3. The summed E-state index contributed by atoms with van der Waals surface area (Å²) in [4.78, 5) is 16.8. The molecule has 2 N–H and O–H groups in total. The fourth-order valence-corrected chi connectivity index (χ4v) is 2.70. The van der Waals surface area contributed by atoms with Crippen LogP contribution in [-0.4, -0.2) is 54.5 Å². The summed E-state index contributed by atoms with van der Waals surface area (Å²) in [5.41, 5.74) is 6.05. The van der Waals surface area contributed by atoms with Crippen LogP contribution in [0.15, 0.2) is 0 Å². The van der Waals surface area contributed by atoms with E-state index in [1.807, 2.05) is 4.90 Å². The van der Waals surface area contributed by atoms with Crippen molar-refractivity contribution in [2.45, 2.75) is 52.1 Å². The maximum absolute atomic E-state index is 12.4. The first-order valence-electron chi connectivity index (χ1n) is 7.20. The molecule has 0 bridgehead atoms. The lowest BCUT2D eigenvalue weighted by molar-refractivity contribution is -0.135. The fourth-order valence-electron chi connectivity index (χ4n) is 2.70. The largest absolute Gasteiger partial charge is 0.337 e. The summed E-state index contributed by atoms with van der Waals surface area (Å²) >= 11 is 0. The summed E-state index contributed by atoms with van der Waals surface area (Å²) in [6.07, 6.45) is 2.83. The molecule has 1 aliphatic heterocycles. The highest BCUT2D eigenvalue weighted by atomic mass is 16.2. The summed E-state index contributed by atoms with van der Waals surface area (Å²) in [5.74, 6) is 0.615. The van der Waals surface area contributed by atoms with Gasteiger partial charge in [-0.1, -0.05) is 20.8 Å². The predicted molar refractivity (Wildman–Crippen MR) is 75.3 cm³/mol. The molecule has 0 aromatic heterocycles. The Bertz CT molecular complexity index is 268. The van der Waals surface area contributed by atoms with Crippen molar-refractivity contribution in [1.29, 1.82) is 0 Å². The number of rotatable bonds is 4. The van der Waals surface area contributed by atoms with Crippen molar-refractivity contribution >= 4 is 5.91 Å². The molecule has 106 valence electrons. The van der Waals surface area contributed by atoms with Gasteiger partial charge < -0.3 is 15.5 Å². The smallest absolute Gasteiger partial charge is 0.239 e. The van der Waals surface area contributed by atoms with Crippen molar-refractivity contribution < 1.29 is 4.79 Å². The lowest BCUT2D eigenvalue weighted by atomic mass is 10.0. The zero-order valence-corrected chi connectivity index (χ0v) is 12.4. The minimum absolute atomic E-state index is 0.144. The Hall–Kier alpha value is -0.610. The highest BCUT2D eigenvalue weighted by Crippen LogP contribution is 2.15. The number of carbonyl (C=O) groups excluding carboxylic acids is 1. The molecular weight excluding hydrogens is 226 g/mol. The maximum atomic E-state index is 12.4. The summed E-state index contributed by atoms with van der Waals surface area (Å²) in [6, 6.07) is -0.00864. The van der Waals surface area contributed by atoms with Crippen LogP contribution in [0, 0.1) is 5.92 Å². The Morgan fingerprint density at radius 3 is 2.61 bits per heavy atom. The van der Waals surface area contributed by atoms with Crippen LogP contribution in [-0.2, 0) is 4.79 Å². The lowest BCUT2D eigenvalue weighted by Crippen LogP contribution is -2.50. The zero-order chi connectivity index (χ0) is 13.7. The molecule has 1 saturated heterocycles. The van der Waals surface area contributed by atoms with Crippen LogP contribution in [0.2, 0.25) is 0 Å². The monoisotopic (exact) mass is 255 g/mol. The SMILES string of the molecule is CCC1CN(C)CCCN1C(=O)[C@H](N)CC(C)C. The average molecular weight is 255 g/mol. The summed E-state index contributed by atoms with van der Waals surface area (Å²) in [6.45, 7) is 9.27. The third-order valence-corrected chi connectivity index (χ3v) is 3.70. The average Bonchev–Trinajstić information content (AvgIpc) is 2.48. The molecule has 1 aliphatic rings. The molecule has 0 aliphatic carbocycles. The number of nitrogens with zero attached hydrogens (tertiary/aromatic N) is 2. The van der Waals surface area contributed by atoms with E-state index in [0.29, 0.717) is 12.0 Å². The molecule has 1 heterocycles. The van der Waals surface area contributed by atoms with Crippen molar-refractivity contribution in [2.75, 3.05) is 26.7 Å². The first-order valence-corrected chi connectivity index (χ1v) is 7.20. The first kappa shape index (κ1) is 15.4. The Morgan fingerprint density at radius 1 is 1.39 bits per heavy atom. The molecule has 1 fully saturated rings. The van der Waals surface area contributed by atoms with Gasteiger partial charge in [-0.05, 0) is 38.8 Å². The second kappa shape index (κ2) is 7.10. The normalized spacial score (nSPS) is 24.1. The van der Waals surface area contributed by atoms with E-state index in [2.05, 4.69) is 32.7 Å². The van der Waals surface area contributed by atoms with E-state index in [4.69, 9.17) is 5.73 Å². The van der Waals surface area contributed by atoms with Crippen LogP contribution < -0.4 is 5.73 Å². The Morgan fingerprint density at radius 2 is 2.06 bits per heavy atom. The molecule has 0 aromatic rings. The molecule has 0 saturated carbocycles. The standard InChI is InChI=1S/C14H29N3O/c1-5-12-10-16(4)7-6-8-17(12)14(18)13(15)9-11(2)3/h11-13H,5-10,15H2,1-4H3/t12?,13-/m1/s1. The molecule has 1 amide bonds. The van der Waals surface area contributed by atoms with Gasteiger partial charge in [-0.3, -0.25) is 4.79 Å². The summed E-state index contributed by atoms with van der Waals surface area (Å²) in [7, 11) is 2.13. The van der Waals surface area contributed by atoms with Gasteiger partial charge in [0.1, 0.15) is 0 Å². The molecule has 2 atom stereocenters. The van der Waals surface area contributed by atoms with Crippen LogP contribution in [0.25, 0.3) is 0 Å². The lowest BCUT2D eigenvalue weighted by Gasteiger charge is -2.32. The second-order valence-corrected chi connectivity index (χ2v) is 5.95. The van der Waals surface area contributed by atoms with Gasteiger partial charge in [-0.2, -0.15) is 0 Å². The van der Waals surface area contributed by atoms with E-state index >= 15 is 0 Å². The second-order valence-electron chi connectivity index (χ2n) is 5.95. The Kier molecular flexibility index (Phi) is 6.09. The van der Waals surface area contributed by atoms with E-state index < -0.39 is 0 Å². The van der Waals surface area contributed by atoms with Crippen LogP contribution in [0.3, 0.4) is 0 Å². The molecule has 18 heavy (non-hydrogen) atoms. The van der Waals surface area contributed by atoms with E-state index in [1.54, 1.807) is 0 Å². The number of carbonyl (C=O) groups is 1. The molecule has 0 radical (unpaired) electrons. The minimum Gasteiger partial charge on any atom is -0.337 e. The van der Waals surface area contributed by atoms with E-state index in [1.165, 1.54) is 0 Å². The molecule has 4 nitrogen and oxygen atoms in total. The third kappa shape index (κ3) is 4.25. The molecule has 4 heteroatoms. The molecule has 0 aromatic carbocycles. The van der Waals surface area contributed by atoms with Crippen molar-refractivity contribution in [3.63, 3.8) is 0 Å². The quantitative estimate of drug-likeness (QED) is 0.824. The number of amides is 1. The van der Waals surface area contributed by atoms with Gasteiger partial charge in [-0.15, -0.1) is 0 Å². The van der Waals surface area contributed by atoms with Crippen LogP contribution in [0.4, 0.5) is 0 Å². The van der Waals surface area contributed by atoms with Gasteiger partial charge in [0.2, 0.25) is 5.91 Å². The Balaban J connectivity index is 2.68. The highest BCUT2D eigenvalue weighted by Gasteiger charge is 2.29. The van der Waals surface area contributed by atoms with Crippen molar-refractivity contribution in [1.82, 2.24) is 9.80 Å². The summed E-state index contributed by atoms with van der Waals surface area (Å²) in [5, 5.41) is 0. The zero-order valence-electron chi connectivity index (χ0n) is 12.4. The fraction of sp³-hybridized carbons (Fsp3) is 0.929. The van der Waals surface area contributed by atoms with Crippen molar-refractivity contribution in [2.24, 2.45) is 11.7 Å². The van der Waals surface area contributed by atoms with Gasteiger partial charge in [0.05, 0.1) is 6.04 Å². The van der Waals surface area contributed by atoms with E-state index in [9.17, 15) is 4.79 Å². The van der Waals surface area contributed by atoms with Gasteiger partial charge in [0, 0.05) is 19.1 Å². The summed E-state index contributed by atoms with van der Waals surface area (Å²) < 4.78 is 0. The van der Waals surface area contributed by atoms with Gasteiger partial charge in [0.15, 0.2) is 0 Å². The molecule has 0 spiro atoms. The molecule has 1 unspecified atom stereocenters. The van der Waals surface area contributed by atoms with E-state index in [0.717, 1.165) is 38.9 Å². The van der Waals surface area contributed by atoms with Crippen molar-refractivity contribution in [3.05, 3.63) is 0 Å². The topological polar surface area (TPSA) is 49.6 Å². The van der Waals surface area contributed by atoms with Crippen LogP contribution >= 0.6 is 0 Å². The first-order chi connectivity index (χ1) is 8.45. The maximum Gasteiger partial charge on any atom is 0.239 e.